The van der Waals surface area contributed by atoms with Crippen molar-refractivity contribution in [2.24, 2.45) is 5.92 Å². The Bertz CT molecular complexity index is 714. The Morgan fingerprint density at radius 2 is 2.08 bits per heavy atom. The van der Waals surface area contributed by atoms with Gasteiger partial charge in [-0.2, -0.15) is 0 Å². The highest BCUT2D eigenvalue weighted by Gasteiger charge is 2.28. The summed E-state index contributed by atoms with van der Waals surface area (Å²) in [6, 6.07) is 5.41. The Morgan fingerprint density at radius 3 is 2.84 bits per heavy atom. The maximum absolute atomic E-state index is 12.6. The summed E-state index contributed by atoms with van der Waals surface area (Å²) in [5.74, 6) is 0.926. The van der Waals surface area contributed by atoms with Crippen LogP contribution in [0, 0.1) is 5.92 Å². The summed E-state index contributed by atoms with van der Waals surface area (Å²) >= 11 is 0. The number of fused-ring (bicyclic) bond motifs is 1. The highest BCUT2D eigenvalue weighted by molar-refractivity contribution is 5.74. The zero-order valence-corrected chi connectivity index (χ0v) is 15.1. The first kappa shape index (κ1) is 17.7. The number of aromatic nitrogens is 3. The molecule has 7 heteroatoms. The fourth-order valence-electron chi connectivity index (χ4n) is 3.50. The molecule has 0 spiro atoms. The summed E-state index contributed by atoms with van der Waals surface area (Å²) in [6.45, 7) is 4.13. The van der Waals surface area contributed by atoms with Crippen molar-refractivity contribution in [2.75, 3.05) is 7.11 Å². The number of carbonyl (C=O) groups is 1. The van der Waals surface area contributed by atoms with Gasteiger partial charge in [-0.1, -0.05) is 32.8 Å². The third kappa shape index (κ3) is 3.92. The van der Waals surface area contributed by atoms with Crippen LogP contribution in [0.3, 0.4) is 0 Å². The highest BCUT2D eigenvalue weighted by atomic mass is 16.5. The average molecular weight is 345 g/mol. The molecule has 3 atom stereocenters. The number of methoxy groups -OCH3 is 1. The molecule has 2 aromatic rings. The summed E-state index contributed by atoms with van der Waals surface area (Å²) in [7, 11) is 1.71. The van der Waals surface area contributed by atoms with Crippen molar-refractivity contribution >= 4 is 11.7 Å². The molecule has 0 radical (unpaired) electrons. The number of nitrogens with one attached hydrogen (secondary N) is 2. The van der Waals surface area contributed by atoms with E-state index in [1.54, 1.807) is 7.11 Å². The van der Waals surface area contributed by atoms with Crippen LogP contribution < -0.4 is 10.6 Å². The van der Waals surface area contributed by atoms with Gasteiger partial charge in [-0.3, -0.25) is 4.40 Å². The zero-order chi connectivity index (χ0) is 17.8. The molecule has 1 fully saturated rings. The van der Waals surface area contributed by atoms with Crippen LogP contribution in [0.15, 0.2) is 24.4 Å². The predicted octanol–water partition coefficient (Wildman–Crippen LogP) is 2.68. The number of carbonyl (C=O) groups excluding carboxylic acids is 1. The van der Waals surface area contributed by atoms with Gasteiger partial charge in [-0.25, -0.2) is 4.79 Å². The molecule has 1 saturated carbocycles. The number of nitrogens with zero attached hydrogens (tertiary/aromatic N) is 3. The summed E-state index contributed by atoms with van der Waals surface area (Å²) < 4.78 is 7.44. The van der Waals surface area contributed by atoms with Crippen LogP contribution in [-0.2, 0) is 4.74 Å². The van der Waals surface area contributed by atoms with Crippen molar-refractivity contribution in [3.05, 3.63) is 30.2 Å². The van der Waals surface area contributed by atoms with Gasteiger partial charge in [-0.15, -0.1) is 10.2 Å². The van der Waals surface area contributed by atoms with Crippen LogP contribution in [0.4, 0.5) is 4.79 Å². The molecule has 3 rings (SSSR count). The van der Waals surface area contributed by atoms with E-state index in [1.165, 1.54) is 0 Å². The van der Waals surface area contributed by atoms with E-state index in [9.17, 15) is 4.79 Å². The van der Waals surface area contributed by atoms with E-state index in [4.69, 9.17) is 4.74 Å². The molecule has 2 amide bonds. The second-order valence-electron chi connectivity index (χ2n) is 6.99. The molecule has 2 N–H and O–H groups in total. The maximum atomic E-state index is 12.6. The molecule has 0 saturated heterocycles. The molecule has 1 aliphatic carbocycles. The minimum absolute atomic E-state index is 0.0571. The highest BCUT2D eigenvalue weighted by Crippen LogP contribution is 2.22. The first-order valence-corrected chi connectivity index (χ1v) is 8.99. The number of urea groups is 1. The lowest BCUT2D eigenvalue weighted by atomic mass is 9.92. The van der Waals surface area contributed by atoms with Gasteiger partial charge in [0.15, 0.2) is 11.5 Å². The Hall–Kier alpha value is -2.15. The van der Waals surface area contributed by atoms with Crippen LogP contribution >= 0.6 is 0 Å². The van der Waals surface area contributed by atoms with Gasteiger partial charge in [0.05, 0.1) is 18.2 Å². The average Bonchev–Trinajstić information content (AvgIpc) is 3.03. The van der Waals surface area contributed by atoms with E-state index < -0.39 is 0 Å². The van der Waals surface area contributed by atoms with Crippen LogP contribution in [-0.4, -0.2) is 39.9 Å². The predicted molar refractivity (Wildman–Crippen MR) is 95.3 cm³/mol. The van der Waals surface area contributed by atoms with E-state index in [0.29, 0.717) is 0 Å². The zero-order valence-electron chi connectivity index (χ0n) is 15.1. The molecule has 25 heavy (non-hydrogen) atoms. The number of hydrogen-bond acceptors (Lipinski definition) is 4. The second-order valence-corrected chi connectivity index (χ2v) is 6.99. The third-order valence-electron chi connectivity index (χ3n) is 4.89. The van der Waals surface area contributed by atoms with E-state index in [2.05, 4.69) is 34.7 Å². The largest absolute Gasteiger partial charge is 0.379 e. The Kier molecular flexibility index (Phi) is 5.53. The Labute approximate surface area is 148 Å². The topological polar surface area (TPSA) is 80.5 Å². The SMILES string of the molecule is CO[C@@H]1CCCC[C@H]1NC(=O)N[C@@H](c1nnc2ccccn12)C(C)C. The normalized spacial score (nSPS) is 22.1. The lowest BCUT2D eigenvalue weighted by Crippen LogP contribution is -2.50. The van der Waals surface area contributed by atoms with Gasteiger partial charge in [0.25, 0.3) is 0 Å². The van der Waals surface area contributed by atoms with Crippen LogP contribution in [0.25, 0.3) is 5.65 Å². The third-order valence-corrected chi connectivity index (χ3v) is 4.89. The number of rotatable bonds is 5. The van der Waals surface area contributed by atoms with Crippen molar-refractivity contribution in [3.63, 3.8) is 0 Å². The van der Waals surface area contributed by atoms with E-state index in [-0.39, 0.29) is 30.1 Å². The van der Waals surface area contributed by atoms with Crippen molar-refractivity contribution in [3.8, 4) is 0 Å². The number of ether oxygens (including phenoxy) is 1. The van der Waals surface area contributed by atoms with Crippen molar-refractivity contribution in [1.82, 2.24) is 25.2 Å². The van der Waals surface area contributed by atoms with Crippen molar-refractivity contribution in [2.45, 2.75) is 57.7 Å². The van der Waals surface area contributed by atoms with Gasteiger partial charge in [0, 0.05) is 13.3 Å². The molecular weight excluding hydrogens is 318 g/mol. The van der Waals surface area contributed by atoms with Gasteiger partial charge >= 0.3 is 6.03 Å². The van der Waals surface area contributed by atoms with E-state index in [1.807, 2.05) is 28.8 Å². The first-order chi connectivity index (χ1) is 12.1. The summed E-state index contributed by atoms with van der Waals surface area (Å²) in [5, 5.41) is 14.6. The molecular formula is C18H27N5O2. The standard InChI is InChI=1S/C18H27N5O2/c1-12(2)16(17-22-21-15-10-6-7-11-23(15)17)20-18(24)19-13-8-4-5-9-14(13)25-3/h6-7,10-14,16H,4-5,8-9H2,1-3H3,(H2,19,20,24)/t13-,14-,16-/m1/s1. The fourth-order valence-corrected chi connectivity index (χ4v) is 3.50. The number of amides is 2. The molecule has 2 heterocycles. The summed E-state index contributed by atoms with van der Waals surface area (Å²) in [4.78, 5) is 12.6. The van der Waals surface area contributed by atoms with Crippen LogP contribution in [0.5, 0.6) is 0 Å². The quantitative estimate of drug-likeness (QED) is 0.873. The Balaban J connectivity index is 1.72. The first-order valence-electron chi connectivity index (χ1n) is 8.99. The fraction of sp³-hybridized carbons (Fsp3) is 0.611. The molecule has 0 bridgehead atoms. The second kappa shape index (κ2) is 7.82. The lowest BCUT2D eigenvalue weighted by Gasteiger charge is -2.32. The number of pyridine rings is 1. The minimum atomic E-state index is -0.220. The minimum Gasteiger partial charge on any atom is -0.379 e. The van der Waals surface area contributed by atoms with Crippen molar-refractivity contribution in [1.29, 1.82) is 0 Å². The maximum Gasteiger partial charge on any atom is 0.315 e. The molecule has 136 valence electrons. The molecule has 0 unspecified atom stereocenters. The monoisotopic (exact) mass is 345 g/mol. The van der Waals surface area contributed by atoms with Gasteiger partial charge in [0.1, 0.15) is 0 Å². The van der Waals surface area contributed by atoms with E-state index >= 15 is 0 Å². The van der Waals surface area contributed by atoms with E-state index in [0.717, 1.165) is 37.2 Å². The Morgan fingerprint density at radius 1 is 1.28 bits per heavy atom. The molecule has 7 nitrogen and oxygen atoms in total. The summed E-state index contributed by atoms with van der Waals surface area (Å²) in [5.41, 5.74) is 0.775. The van der Waals surface area contributed by atoms with Gasteiger partial charge in [0.2, 0.25) is 0 Å². The van der Waals surface area contributed by atoms with Gasteiger partial charge in [-0.05, 0) is 30.9 Å². The molecule has 2 aromatic heterocycles. The lowest BCUT2D eigenvalue weighted by molar-refractivity contribution is 0.0449. The molecule has 1 aliphatic rings. The molecule has 0 aliphatic heterocycles. The van der Waals surface area contributed by atoms with Crippen LogP contribution in [0.2, 0.25) is 0 Å². The summed E-state index contributed by atoms with van der Waals surface area (Å²) in [6.07, 6.45) is 6.22. The van der Waals surface area contributed by atoms with Gasteiger partial charge < -0.3 is 15.4 Å². The van der Waals surface area contributed by atoms with Crippen molar-refractivity contribution < 1.29 is 9.53 Å². The number of hydrogen-bond donors (Lipinski definition) is 2. The smallest absolute Gasteiger partial charge is 0.315 e. The van der Waals surface area contributed by atoms with Crippen LogP contribution in [0.1, 0.15) is 51.4 Å². The molecule has 0 aromatic carbocycles.